The number of aryl methyl sites for hydroxylation is 1. The summed E-state index contributed by atoms with van der Waals surface area (Å²) >= 11 is 0. The molecule has 1 aliphatic rings. The lowest BCUT2D eigenvalue weighted by Crippen LogP contribution is -2.05. The monoisotopic (exact) mass is 352 g/mol. The topological polar surface area (TPSA) is 29.5 Å². The average Bonchev–Trinajstić information content (AvgIpc) is 3.08. The van der Waals surface area contributed by atoms with Crippen LogP contribution in [0.15, 0.2) is 59.4 Å². The maximum absolute atomic E-state index is 9.33. The maximum atomic E-state index is 9.33. The van der Waals surface area contributed by atoms with E-state index in [1.54, 1.807) is 0 Å². The Labute approximate surface area is 158 Å². The van der Waals surface area contributed by atoms with Crippen LogP contribution in [0.1, 0.15) is 56.2 Å². The van der Waals surface area contributed by atoms with Crippen LogP contribution in [0.4, 0.5) is 0 Å². The molecule has 0 heterocycles. The molecular weight excluding hydrogens is 320 g/mol. The van der Waals surface area contributed by atoms with Gasteiger partial charge in [-0.05, 0) is 92.9 Å². The van der Waals surface area contributed by atoms with Crippen molar-refractivity contribution in [1.82, 2.24) is 0 Å². The first-order chi connectivity index (χ1) is 12.5. The van der Waals surface area contributed by atoms with E-state index in [9.17, 15) is 5.11 Å². The second kappa shape index (κ2) is 9.47. The Morgan fingerprint density at radius 3 is 2.62 bits per heavy atom. The van der Waals surface area contributed by atoms with E-state index < -0.39 is 0 Å². The minimum absolute atomic E-state index is 0.240. The molecule has 1 N–H and O–H groups in total. The maximum Gasteiger partial charge on any atom is 0.122 e. The Bertz CT molecular complexity index is 748. The standard InChI is InChI=1S/C24H32O2/c1-6-9-20(7-2)23-11-8-10-22(23)16-26-24-15-14-21(13-12-17(3)25)18(4)19(24)5/h6-7,9,14-15,25H,3,8,10-13,16H2,1-2,4-5H3/b9-6-,20-7+. The molecule has 26 heavy (non-hydrogen) atoms. The normalized spacial score (nSPS) is 15.2. The molecule has 2 heteroatoms. The van der Waals surface area contributed by atoms with Crippen molar-refractivity contribution in [2.24, 2.45) is 0 Å². The number of allylic oxidation sites excluding steroid dienone is 6. The number of rotatable bonds is 8. The van der Waals surface area contributed by atoms with E-state index >= 15 is 0 Å². The first-order valence-corrected chi connectivity index (χ1v) is 9.56. The zero-order chi connectivity index (χ0) is 19.1. The molecule has 1 aliphatic carbocycles. The number of hydrogen-bond donors (Lipinski definition) is 1. The molecular formula is C24H32O2. The smallest absolute Gasteiger partial charge is 0.122 e. The molecule has 1 aromatic rings. The number of benzene rings is 1. The molecule has 1 aromatic carbocycles. The fraction of sp³-hybridized carbons (Fsp3) is 0.417. The van der Waals surface area contributed by atoms with E-state index in [4.69, 9.17) is 4.74 Å². The first kappa shape index (κ1) is 20.1. The molecule has 2 nitrogen and oxygen atoms in total. The summed E-state index contributed by atoms with van der Waals surface area (Å²) in [5, 5.41) is 9.33. The summed E-state index contributed by atoms with van der Waals surface area (Å²) in [6.07, 6.45) is 11.4. The Hall–Kier alpha value is -2.22. The zero-order valence-corrected chi connectivity index (χ0v) is 16.7. The van der Waals surface area contributed by atoms with Crippen LogP contribution in [0.3, 0.4) is 0 Å². The minimum atomic E-state index is 0.240. The van der Waals surface area contributed by atoms with Crippen molar-refractivity contribution in [2.45, 2.75) is 59.8 Å². The molecule has 0 fully saturated rings. The van der Waals surface area contributed by atoms with Crippen molar-refractivity contribution in [3.05, 3.63) is 76.1 Å². The summed E-state index contributed by atoms with van der Waals surface area (Å²) in [7, 11) is 0. The zero-order valence-electron chi connectivity index (χ0n) is 16.7. The summed E-state index contributed by atoms with van der Waals surface area (Å²) in [5.41, 5.74) is 7.89. The van der Waals surface area contributed by atoms with Gasteiger partial charge in [-0.2, -0.15) is 0 Å². The van der Waals surface area contributed by atoms with Crippen molar-refractivity contribution in [1.29, 1.82) is 0 Å². The number of aliphatic hydroxyl groups excluding tert-OH is 1. The molecule has 0 unspecified atom stereocenters. The minimum Gasteiger partial charge on any atom is -0.513 e. The Kier molecular flexibility index (Phi) is 7.32. The lowest BCUT2D eigenvalue weighted by atomic mass is 9.98. The molecule has 0 saturated carbocycles. The van der Waals surface area contributed by atoms with E-state index in [0.717, 1.165) is 25.0 Å². The van der Waals surface area contributed by atoms with Crippen LogP contribution in [-0.4, -0.2) is 11.7 Å². The van der Waals surface area contributed by atoms with Crippen molar-refractivity contribution in [3.63, 3.8) is 0 Å². The highest BCUT2D eigenvalue weighted by atomic mass is 16.5. The number of aliphatic hydroxyl groups is 1. The van der Waals surface area contributed by atoms with Crippen LogP contribution in [0.25, 0.3) is 0 Å². The molecule has 140 valence electrons. The quantitative estimate of drug-likeness (QED) is 0.417. The summed E-state index contributed by atoms with van der Waals surface area (Å²) < 4.78 is 6.21. The van der Waals surface area contributed by atoms with Crippen molar-refractivity contribution < 1.29 is 9.84 Å². The summed E-state index contributed by atoms with van der Waals surface area (Å²) in [6.45, 7) is 12.6. The first-order valence-electron chi connectivity index (χ1n) is 9.56. The molecule has 0 amide bonds. The van der Waals surface area contributed by atoms with Gasteiger partial charge < -0.3 is 9.84 Å². The van der Waals surface area contributed by atoms with Crippen molar-refractivity contribution in [3.8, 4) is 5.75 Å². The van der Waals surface area contributed by atoms with Gasteiger partial charge in [0.1, 0.15) is 12.4 Å². The number of hydrogen-bond acceptors (Lipinski definition) is 2. The number of ether oxygens (including phenoxy) is 1. The van der Waals surface area contributed by atoms with Crippen molar-refractivity contribution >= 4 is 0 Å². The third-order valence-electron chi connectivity index (χ3n) is 5.27. The molecule has 0 aliphatic heterocycles. The van der Waals surface area contributed by atoms with Crippen LogP contribution >= 0.6 is 0 Å². The molecule has 0 atom stereocenters. The third kappa shape index (κ3) is 4.91. The molecule has 2 rings (SSSR count). The van der Waals surface area contributed by atoms with E-state index in [0.29, 0.717) is 13.0 Å². The van der Waals surface area contributed by atoms with Gasteiger partial charge in [-0.3, -0.25) is 0 Å². The van der Waals surface area contributed by atoms with E-state index in [1.807, 2.05) is 0 Å². The highest BCUT2D eigenvalue weighted by Gasteiger charge is 2.17. The van der Waals surface area contributed by atoms with Gasteiger partial charge >= 0.3 is 0 Å². The predicted octanol–water partition coefficient (Wildman–Crippen LogP) is 6.69. The highest BCUT2D eigenvalue weighted by Crippen LogP contribution is 2.33. The van der Waals surface area contributed by atoms with E-state index in [2.05, 4.69) is 64.6 Å². The van der Waals surface area contributed by atoms with Gasteiger partial charge in [-0.15, -0.1) is 0 Å². The van der Waals surface area contributed by atoms with Gasteiger partial charge in [0.15, 0.2) is 0 Å². The van der Waals surface area contributed by atoms with Crippen LogP contribution in [0.2, 0.25) is 0 Å². The van der Waals surface area contributed by atoms with Gasteiger partial charge in [-0.1, -0.05) is 30.9 Å². The van der Waals surface area contributed by atoms with E-state index in [1.165, 1.54) is 39.8 Å². The van der Waals surface area contributed by atoms with Gasteiger partial charge in [0.25, 0.3) is 0 Å². The largest absolute Gasteiger partial charge is 0.513 e. The fourth-order valence-electron chi connectivity index (χ4n) is 3.59. The summed E-state index contributed by atoms with van der Waals surface area (Å²) in [5.74, 6) is 1.20. The van der Waals surface area contributed by atoms with Crippen molar-refractivity contribution in [2.75, 3.05) is 6.61 Å². The van der Waals surface area contributed by atoms with Crippen LogP contribution in [0.5, 0.6) is 5.75 Å². The lowest BCUT2D eigenvalue weighted by molar-refractivity contribution is 0.345. The average molecular weight is 353 g/mol. The second-order valence-corrected chi connectivity index (χ2v) is 7.01. The molecule has 0 radical (unpaired) electrons. The Morgan fingerprint density at radius 2 is 1.96 bits per heavy atom. The Morgan fingerprint density at radius 1 is 1.19 bits per heavy atom. The summed E-state index contributed by atoms with van der Waals surface area (Å²) in [6, 6.07) is 4.18. The lowest BCUT2D eigenvalue weighted by Gasteiger charge is -2.16. The fourth-order valence-corrected chi connectivity index (χ4v) is 3.59. The van der Waals surface area contributed by atoms with Gasteiger partial charge in [-0.25, -0.2) is 0 Å². The second-order valence-electron chi connectivity index (χ2n) is 7.01. The Balaban J connectivity index is 2.14. The molecule has 0 spiro atoms. The third-order valence-corrected chi connectivity index (χ3v) is 5.27. The van der Waals surface area contributed by atoms with Crippen LogP contribution in [0, 0.1) is 13.8 Å². The molecule has 0 aromatic heterocycles. The summed E-state index contributed by atoms with van der Waals surface area (Å²) in [4.78, 5) is 0. The molecule has 0 bridgehead atoms. The highest BCUT2D eigenvalue weighted by molar-refractivity contribution is 5.46. The molecule has 0 saturated heterocycles. The predicted molar refractivity (Wildman–Crippen MR) is 111 cm³/mol. The van der Waals surface area contributed by atoms with Gasteiger partial charge in [0, 0.05) is 6.42 Å². The van der Waals surface area contributed by atoms with E-state index in [-0.39, 0.29) is 5.76 Å². The van der Waals surface area contributed by atoms with Gasteiger partial charge in [0.2, 0.25) is 0 Å². The van der Waals surface area contributed by atoms with Gasteiger partial charge in [0.05, 0.1) is 5.76 Å². The SMILES string of the molecule is C=C(O)CCc1ccc(OCC2=C(C(/C=C\C)=C/C)CCC2)c(C)c1C. The van der Waals surface area contributed by atoms with Crippen LogP contribution < -0.4 is 4.74 Å². The van der Waals surface area contributed by atoms with Crippen LogP contribution in [-0.2, 0) is 6.42 Å².